The van der Waals surface area contributed by atoms with Gasteiger partial charge in [0.25, 0.3) is 0 Å². The van der Waals surface area contributed by atoms with Crippen LogP contribution in [0.5, 0.6) is 0 Å². The van der Waals surface area contributed by atoms with Gasteiger partial charge in [0.1, 0.15) is 5.82 Å². The van der Waals surface area contributed by atoms with Crippen LogP contribution >= 0.6 is 0 Å². The van der Waals surface area contributed by atoms with Crippen LogP contribution in [-0.4, -0.2) is 20.5 Å². The minimum absolute atomic E-state index is 0.0379. The number of aromatic nitrogens is 3. The van der Waals surface area contributed by atoms with Crippen molar-refractivity contribution in [2.24, 2.45) is 0 Å². The lowest BCUT2D eigenvalue weighted by molar-refractivity contribution is -0.116. The van der Waals surface area contributed by atoms with Crippen molar-refractivity contribution in [2.45, 2.75) is 33.6 Å². The van der Waals surface area contributed by atoms with Gasteiger partial charge in [0.2, 0.25) is 5.91 Å². The van der Waals surface area contributed by atoms with Gasteiger partial charge in [0, 0.05) is 35.1 Å². The number of aryl methyl sites for hydroxylation is 3. The van der Waals surface area contributed by atoms with E-state index in [0.717, 1.165) is 28.2 Å². The van der Waals surface area contributed by atoms with Crippen LogP contribution in [0.15, 0.2) is 54.6 Å². The lowest BCUT2D eigenvalue weighted by Gasteiger charge is -2.12. The number of para-hydroxylation sites is 1. The minimum Gasteiger partial charge on any atom is -0.326 e. The van der Waals surface area contributed by atoms with Gasteiger partial charge in [-0.05, 0) is 56.5 Å². The first-order valence-corrected chi connectivity index (χ1v) is 9.89. The SMILES string of the molecule is Cc1ccccc1NC(=O)CCc1c(C)nc2cc(-c3cccc(F)c3)nn2c1C. The molecule has 0 spiro atoms. The van der Waals surface area contributed by atoms with Crippen LogP contribution in [0.2, 0.25) is 0 Å². The lowest BCUT2D eigenvalue weighted by atomic mass is 10.1. The summed E-state index contributed by atoms with van der Waals surface area (Å²) in [5.74, 6) is -0.338. The third-order valence-corrected chi connectivity index (χ3v) is 5.31. The van der Waals surface area contributed by atoms with Gasteiger partial charge in [-0.25, -0.2) is 13.9 Å². The molecule has 0 atom stereocenters. The molecule has 30 heavy (non-hydrogen) atoms. The third-order valence-electron chi connectivity index (χ3n) is 5.31. The summed E-state index contributed by atoms with van der Waals surface area (Å²) in [7, 11) is 0. The zero-order valence-corrected chi connectivity index (χ0v) is 17.2. The summed E-state index contributed by atoms with van der Waals surface area (Å²) in [5, 5.41) is 7.59. The van der Waals surface area contributed by atoms with Crippen molar-refractivity contribution in [1.29, 1.82) is 0 Å². The Balaban J connectivity index is 1.57. The number of anilines is 1. The van der Waals surface area contributed by atoms with E-state index in [4.69, 9.17) is 0 Å². The van der Waals surface area contributed by atoms with Gasteiger partial charge in [-0.1, -0.05) is 30.3 Å². The number of benzene rings is 2. The van der Waals surface area contributed by atoms with Crippen LogP contribution in [-0.2, 0) is 11.2 Å². The van der Waals surface area contributed by atoms with Crippen LogP contribution in [0, 0.1) is 26.6 Å². The summed E-state index contributed by atoms with van der Waals surface area (Å²) in [5.41, 5.74) is 6.74. The average Bonchev–Trinajstić information content (AvgIpc) is 3.14. The molecule has 0 fully saturated rings. The first-order valence-electron chi connectivity index (χ1n) is 9.89. The Morgan fingerprint density at radius 3 is 2.63 bits per heavy atom. The summed E-state index contributed by atoms with van der Waals surface area (Å²) in [6.45, 7) is 5.88. The van der Waals surface area contributed by atoms with E-state index < -0.39 is 0 Å². The van der Waals surface area contributed by atoms with Gasteiger partial charge in [-0.2, -0.15) is 5.10 Å². The fraction of sp³-hybridized carbons (Fsp3) is 0.208. The second-order valence-electron chi connectivity index (χ2n) is 7.43. The molecule has 1 N–H and O–H groups in total. The molecule has 1 amide bonds. The Morgan fingerprint density at radius 2 is 1.87 bits per heavy atom. The Morgan fingerprint density at radius 1 is 1.07 bits per heavy atom. The quantitative estimate of drug-likeness (QED) is 0.509. The summed E-state index contributed by atoms with van der Waals surface area (Å²) in [6.07, 6.45) is 0.911. The molecule has 2 aromatic heterocycles. The van der Waals surface area contributed by atoms with Crippen LogP contribution < -0.4 is 5.32 Å². The van der Waals surface area contributed by atoms with E-state index in [1.54, 1.807) is 10.6 Å². The molecular formula is C24H23FN4O. The number of carbonyl (C=O) groups excluding carboxylic acids is 1. The van der Waals surface area contributed by atoms with Gasteiger partial charge in [-0.15, -0.1) is 0 Å². The standard InChI is InChI=1S/C24H23FN4O/c1-15-7-4-5-10-21(15)27-24(30)12-11-20-16(2)26-23-14-22(28-29(23)17(20)3)18-8-6-9-19(25)13-18/h4-10,13-14H,11-12H2,1-3H3,(H,27,30). The number of hydrogen-bond donors (Lipinski definition) is 1. The van der Waals surface area contributed by atoms with Crippen molar-refractivity contribution in [2.75, 3.05) is 5.32 Å². The molecule has 0 saturated carbocycles. The molecule has 2 heterocycles. The second-order valence-corrected chi connectivity index (χ2v) is 7.43. The number of fused-ring (bicyclic) bond motifs is 1. The molecule has 4 aromatic rings. The molecule has 0 saturated heterocycles. The van der Waals surface area contributed by atoms with E-state index in [9.17, 15) is 9.18 Å². The smallest absolute Gasteiger partial charge is 0.224 e. The lowest BCUT2D eigenvalue weighted by Crippen LogP contribution is -2.15. The minimum atomic E-state index is -0.300. The highest BCUT2D eigenvalue weighted by molar-refractivity contribution is 5.91. The topological polar surface area (TPSA) is 59.3 Å². The number of amides is 1. The van der Waals surface area contributed by atoms with Crippen molar-refractivity contribution in [3.63, 3.8) is 0 Å². The predicted octanol–water partition coefficient (Wildman–Crippen LogP) is 5.03. The van der Waals surface area contributed by atoms with E-state index in [1.165, 1.54) is 12.1 Å². The zero-order chi connectivity index (χ0) is 21.3. The number of rotatable bonds is 5. The van der Waals surface area contributed by atoms with E-state index >= 15 is 0 Å². The molecule has 0 aliphatic carbocycles. The highest BCUT2D eigenvalue weighted by atomic mass is 19.1. The number of nitrogens with one attached hydrogen (secondary N) is 1. The Hall–Kier alpha value is -3.54. The summed E-state index contributed by atoms with van der Waals surface area (Å²) in [4.78, 5) is 17.1. The van der Waals surface area contributed by atoms with E-state index in [0.29, 0.717) is 29.7 Å². The molecule has 4 rings (SSSR count). The predicted molar refractivity (Wildman–Crippen MR) is 116 cm³/mol. The van der Waals surface area contributed by atoms with Crippen LogP contribution in [0.25, 0.3) is 16.9 Å². The van der Waals surface area contributed by atoms with Crippen LogP contribution in [0.1, 0.15) is 28.9 Å². The second kappa shape index (κ2) is 8.06. The van der Waals surface area contributed by atoms with Crippen molar-refractivity contribution >= 4 is 17.2 Å². The van der Waals surface area contributed by atoms with Crippen molar-refractivity contribution in [3.8, 4) is 11.3 Å². The molecule has 0 unspecified atom stereocenters. The first kappa shape index (κ1) is 19.8. The molecule has 0 radical (unpaired) electrons. The van der Waals surface area contributed by atoms with E-state index in [2.05, 4.69) is 15.4 Å². The zero-order valence-electron chi connectivity index (χ0n) is 17.2. The highest BCUT2D eigenvalue weighted by Crippen LogP contribution is 2.23. The van der Waals surface area contributed by atoms with E-state index in [-0.39, 0.29) is 11.7 Å². The molecule has 152 valence electrons. The maximum atomic E-state index is 13.6. The molecule has 0 aliphatic heterocycles. The van der Waals surface area contributed by atoms with Crippen molar-refractivity contribution in [3.05, 3.63) is 82.9 Å². The van der Waals surface area contributed by atoms with E-state index in [1.807, 2.05) is 57.2 Å². The van der Waals surface area contributed by atoms with Gasteiger partial charge in [0.05, 0.1) is 5.69 Å². The number of hydrogen-bond acceptors (Lipinski definition) is 3. The Bertz CT molecular complexity index is 1250. The maximum absolute atomic E-state index is 13.6. The summed E-state index contributed by atoms with van der Waals surface area (Å²) >= 11 is 0. The van der Waals surface area contributed by atoms with Crippen LogP contribution in [0.3, 0.4) is 0 Å². The average molecular weight is 402 g/mol. The molecule has 0 bridgehead atoms. The van der Waals surface area contributed by atoms with Crippen molar-refractivity contribution < 1.29 is 9.18 Å². The number of carbonyl (C=O) groups is 1. The molecule has 5 nitrogen and oxygen atoms in total. The monoisotopic (exact) mass is 402 g/mol. The fourth-order valence-corrected chi connectivity index (χ4v) is 3.64. The number of nitrogens with zero attached hydrogens (tertiary/aromatic N) is 3. The third kappa shape index (κ3) is 3.94. The Labute approximate surface area is 174 Å². The largest absolute Gasteiger partial charge is 0.326 e. The van der Waals surface area contributed by atoms with Crippen LogP contribution in [0.4, 0.5) is 10.1 Å². The van der Waals surface area contributed by atoms with Gasteiger partial charge < -0.3 is 5.32 Å². The van der Waals surface area contributed by atoms with Crippen molar-refractivity contribution in [1.82, 2.24) is 14.6 Å². The van der Waals surface area contributed by atoms with Gasteiger partial charge in [0.15, 0.2) is 5.65 Å². The number of halogens is 1. The van der Waals surface area contributed by atoms with Gasteiger partial charge in [-0.3, -0.25) is 4.79 Å². The fourth-order valence-electron chi connectivity index (χ4n) is 3.64. The Kier molecular flexibility index (Phi) is 5.31. The summed E-state index contributed by atoms with van der Waals surface area (Å²) < 4.78 is 15.4. The van der Waals surface area contributed by atoms with Gasteiger partial charge >= 0.3 is 0 Å². The molecule has 6 heteroatoms. The normalized spacial score (nSPS) is 11.1. The molecular weight excluding hydrogens is 379 g/mol. The maximum Gasteiger partial charge on any atom is 0.224 e. The molecule has 2 aromatic carbocycles. The molecule has 0 aliphatic rings. The highest BCUT2D eigenvalue weighted by Gasteiger charge is 2.15. The summed E-state index contributed by atoms with van der Waals surface area (Å²) in [6, 6.07) is 15.9. The first-order chi connectivity index (χ1) is 14.4.